The summed E-state index contributed by atoms with van der Waals surface area (Å²) in [5, 5.41) is 24.9. The fourth-order valence-electron chi connectivity index (χ4n) is 3.62. The van der Waals surface area contributed by atoms with Crippen LogP contribution in [0.3, 0.4) is 0 Å². The Morgan fingerprint density at radius 3 is 2.87 bits per heavy atom. The first-order valence-corrected chi connectivity index (χ1v) is 10.1. The number of fused-ring (bicyclic) bond motifs is 1. The van der Waals surface area contributed by atoms with E-state index in [2.05, 4.69) is 10.1 Å². The van der Waals surface area contributed by atoms with Gasteiger partial charge in [0.2, 0.25) is 0 Å². The summed E-state index contributed by atoms with van der Waals surface area (Å²) in [6.45, 7) is 0.180. The SMILES string of the molecule is NC1=C(C2=NCC(O)(CO)Cc3conc32)CN(C(=O)c2ccc(Cl)c(Cl)c2)CC1. The monoisotopic (exact) mass is 450 g/mol. The predicted molar refractivity (Wildman–Crippen MR) is 112 cm³/mol. The Morgan fingerprint density at radius 1 is 1.33 bits per heavy atom. The molecule has 30 heavy (non-hydrogen) atoms. The van der Waals surface area contributed by atoms with Gasteiger partial charge in [-0.3, -0.25) is 9.79 Å². The summed E-state index contributed by atoms with van der Waals surface area (Å²) in [7, 11) is 0. The number of nitrogens with two attached hydrogens (primary N) is 1. The van der Waals surface area contributed by atoms with Crippen molar-refractivity contribution in [3.63, 3.8) is 0 Å². The van der Waals surface area contributed by atoms with Crippen LogP contribution in [0.25, 0.3) is 0 Å². The number of aromatic nitrogens is 1. The van der Waals surface area contributed by atoms with Crippen molar-refractivity contribution in [2.24, 2.45) is 10.7 Å². The molecule has 0 bridgehead atoms. The highest BCUT2D eigenvalue weighted by molar-refractivity contribution is 6.42. The second kappa shape index (κ2) is 8.03. The minimum Gasteiger partial charge on any atom is -0.402 e. The molecule has 158 valence electrons. The lowest BCUT2D eigenvalue weighted by atomic mass is 9.94. The van der Waals surface area contributed by atoms with Crippen molar-refractivity contribution in [2.75, 3.05) is 26.2 Å². The Kier molecular flexibility index (Phi) is 5.59. The van der Waals surface area contributed by atoms with E-state index in [1.165, 1.54) is 12.3 Å². The largest absolute Gasteiger partial charge is 0.402 e. The highest BCUT2D eigenvalue weighted by atomic mass is 35.5. The molecule has 0 radical (unpaired) electrons. The van der Waals surface area contributed by atoms with E-state index in [0.29, 0.717) is 56.8 Å². The van der Waals surface area contributed by atoms with Crippen molar-refractivity contribution in [2.45, 2.75) is 18.4 Å². The van der Waals surface area contributed by atoms with Crippen LogP contribution in [0.2, 0.25) is 10.0 Å². The second-order valence-electron chi connectivity index (χ2n) is 7.52. The Hall–Kier alpha value is -2.39. The smallest absolute Gasteiger partial charge is 0.254 e. The quantitative estimate of drug-likeness (QED) is 0.654. The molecule has 1 unspecified atom stereocenters. The number of aliphatic hydroxyl groups excluding tert-OH is 1. The molecule has 0 fully saturated rings. The molecular weight excluding hydrogens is 431 g/mol. The molecule has 1 aromatic heterocycles. The van der Waals surface area contributed by atoms with Crippen LogP contribution in [-0.2, 0) is 6.42 Å². The number of aliphatic imine (C=N–C) groups is 1. The van der Waals surface area contributed by atoms with Crippen LogP contribution in [0.15, 0.2) is 45.2 Å². The van der Waals surface area contributed by atoms with Gasteiger partial charge in [-0.1, -0.05) is 28.4 Å². The van der Waals surface area contributed by atoms with Gasteiger partial charge in [0.05, 0.1) is 28.9 Å². The van der Waals surface area contributed by atoms with E-state index in [1.807, 2.05) is 0 Å². The molecule has 4 N–H and O–H groups in total. The number of aliphatic hydroxyl groups is 2. The topological polar surface area (TPSA) is 125 Å². The number of carbonyl (C=O) groups is 1. The number of halogens is 2. The van der Waals surface area contributed by atoms with E-state index in [9.17, 15) is 15.0 Å². The fourth-order valence-corrected chi connectivity index (χ4v) is 3.92. The van der Waals surface area contributed by atoms with Gasteiger partial charge in [-0.25, -0.2) is 0 Å². The summed E-state index contributed by atoms with van der Waals surface area (Å²) in [6.07, 6.45) is 2.03. The summed E-state index contributed by atoms with van der Waals surface area (Å²) >= 11 is 12.0. The number of benzene rings is 1. The number of rotatable bonds is 3. The number of carbonyl (C=O) groups excluding carboxylic acids is 1. The maximum absolute atomic E-state index is 13.0. The average Bonchev–Trinajstić information content (AvgIpc) is 3.13. The zero-order chi connectivity index (χ0) is 21.5. The van der Waals surface area contributed by atoms with Crippen molar-refractivity contribution in [3.8, 4) is 0 Å². The van der Waals surface area contributed by atoms with Crippen molar-refractivity contribution in [1.29, 1.82) is 0 Å². The van der Waals surface area contributed by atoms with Crippen molar-refractivity contribution < 1.29 is 19.5 Å². The van der Waals surface area contributed by atoms with Gasteiger partial charge in [0.25, 0.3) is 5.91 Å². The molecule has 10 heteroatoms. The molecule has 4 rings (SSSR count). The van der Waals surface area contributed by atoms with Crippen molar-refractivity contribution in [3.05, 3.63) is 62.6 Å². The predicted octanol–water partition coefficient (Wildman–Crippen LogP) is 1.81. The molecule has 2 aliphatic heterocycles. The molecule has 0 saturated heterocycles. The van der Waals surface area contributed by atoms with E-state index in [-0.39, 0.29) is 25.4 Å². The van der Waals surface area contributed by atoms with Crippen molar-refractivity contribution in [1.82, 2.24) is 10.1 Å². The highest BCUT2D eigenvalue weighted by Crippen LogP contribution is 2.28. The molecule has 3 heterocycles. The zero-order valence-electron chi connectivity index (χ0n) is 15.9. The van der Waals surface area contributed by atoms with E-state index in [4.69, 9.17) is 33.5 Å². The molecular formula is C20H20Cl2N4O4. The van der Waals surface area contributed by atoms with E-state index in [1.54, 1.807) is 17.0 Å². The van der Waals surface area contributed by atoms with Gasteiger partial charge in [0.15, 0.2) is 0 Å². The van der Waals surface area contributed by atoms with Crippen LogP contribution in [-0.4, -0.2) is 63.7 Å². The molecule has 1 amide bonds. The normalized spacial score (nSPS) is 21.9. The lowest BCUT2D eigenvalue weighted by Crippen LogP contribution is -2.40. The number of amides is 1. The molecule has 0 saturated carbocycles. The molecule has 2 aliphatic rings. The first-order valence-electron chi connectivity index (χ1n) is 9.35. The lowest BCUT2D eigenvalue weighted by Gasteiger charge is -2.30. The molecule has 8 nitrogen and oxygen atoms in total. The highest BCUT2D eigenvalue weighted by Gasteiger charge is 2.35. The van der Waals surface area contributed by atoms with E-state index < -0.39 is 12.2 Å². The van der Waals surface area contributed by atoms with Crippen LogP contribution in [0.1, 0.15) is 28.0 Å². The van der Waals surface area contributed by atoms with Gasteiger partial charge in [0.1, 0.15) is 17.6 Å². The van der Waals surface area contributed by atoms with Crippen LogP contribution >= 0.6 is 23.2 Å². The molecule has 0 spiro atoms. The van der Waals surface area contributed by atoms with Gasteiger partial charge in [-0.05, 0) is 18.2 Å². The summed E-state index contributed by atoms with van der Waals surface area (Å²) < 4.78 is 5.09. The molecule has 1 atom stereocenters. The van der Waals surface area contributed by atoms with E-state index in [0.717, 1.165) is 0 Å². The fraction of sp³-hybridized carbons (Fsp3) is 0.350. The van der Waals surface area contributed by atoms with Gasteiger partial charge < -0.3 is 25.4 Å². The van der Waals surface area contributed by atoms with Crippen LogP contribution in [0.5, 0.6) is 0 Å². The molecule has 2 aromatic rings. The van der Waals surface area contributed by atoms with E-state index >= 15 is 0 Å². The van der Waals surface area contributed by atoms with Gasteiger partial charge >= 0.3 is 0 Å². The summed E-state index contributed by atoms with van der Waals surface area (Å²) in [4.78, 5) is 19.2. The summed E-state index contributed by atoms with van der Waals surface area (Å²) in [5.74, 6) is -0.208. The summed E-state index contributed by atoms with van der Waals surface area (Å²) in [6, 6.07) is 4.74. The lowest BCUT2D eigenvalue weighted by molar-refractivity contribution is -0.00525. The van der Waals surface area contributed by atoms with Gasteiger partial charge in [-0.2, -0.15) is 0 Å². The summed E-state index contributed by atoms with van der Waals surface area (Å²) in [5.41, 5.74) is 8.07. The Labute approximate surface area is 182 Å². The first kappa shape index (κ1) is 20.9. The third kappa shape index (κ3) is 3.83. The van der Waals surface area contributed by atoms with Crippen LogP contribution in [0, 0.1) is 0 Å². The maximum atomic E-state index is 13.0. The first-order chi connectivity index (χ1) is 14.3. The molecule has 0 aliphatic carbocycles. The molecule has 1 aromatic carbocycles. The van der Waals surface area contributed by atoms with Crippen LogP contribution < -0.4 is 5.73 Å². The van der Waals surface area contributed by atoms with Crippen molar-refractivity contribution >= 4 is 34.8 Å². The number of nitrogens with zero attached hydrogens (tertiary/aromatic N) is 3. The Balaban J connectivity index is 1.66. The van der Waals surface area contributed by atoms with Gasteiger partial charge in [-0.15, -0.1) is 0 Å². The second-order valence-corrected chi connectivity index (χ2v) is 8.34. The third-order valence-corrected chi connectivity index (χ3v) is 6.08. The number of hydrogen-bond acceptors (Lipinski definition) is 7. The van der Waals surface area contributed by atoms with Crippen LogP contribution in [0.4, 0.5) is 0 Å². The zero-order valence-corrected chi connectivity index (χ0v) is 17.4. The average molecular weight is 451 g/mol. The standard InChI is InChI=1S/C20H20Cl2N4O4/c21-14-2-1-11(5-15(14)22)19(28)26-4-3-16(23)13(7-26)18-17-12(8-30-25-17)6-20(29,10-27)9-24-18/h1-2,5,8,27,29H,3-4,6-7,9-10,23H2. The Bertz CT molecular complexity index is 1060. The maximum Gasteiger partial charge on any atom is 0.254 e. The minimum absolute atomic E-state index is 0.0211. The minimum atomic E-state index is -1.42. The van der Waals surface area contributed by atoms with Gasteiger partial charge in [0, 0.05) is 48.3 Å². The number of hydrogen-bond donors (Lipinski definition) is 3. The third-order valence-electron chi connectivity index (χ3n) is 5.34. The Morgan fingerprint density at radius 2 is 2.13 bits per heavy atom.